The van der Waals surface area contributed by atoms with Gasteiger partial charge >= 0.3 is 29.9 Å². The molecule has 29 heavy (non-hydrogen) atoms. The minimum Gasteiger partial charge on any atom is -0.535 e. The van der Waals surface area contributed by atoms with Crippen molar-refractivity contribution in [2.24, 2.45) is 4.66 Å². The van der Waals surface area contributed by atoms with Crippen LogP contribution in [0.4, 0.5) is 48.3 Å². The summed E-state index contributed by atoms with van der Waals surface area (Å²) >= 11 is 0. The highest BCUT2D eigenvalue weighted by Gasteiger charge is 2.86. The molecule has 0 atom stereocenters. The van der Waals surface area contributed by atoms with Crippen LogP contribution in [-0.2, 0) is 4.43 Å². The number of hydrogen-bond acceptors (Lipinski definition) is 2. The number of hydrogen-bond donors (Lipinski definition) is 0. The second-order valence-corrected chi connectivity index (χ2v) is 16.9. The van der Waals surface area contributed by atoms with Gasteiger partial charge in [0.05, 0.1) is 0 Å². The van der Waals surface area contributed by atoms with E-state index in [0.717, 1.165) is 0 Å². The minimum absolute atomic E-state index is 0.0600. The Morgan fingerprint density at radius 3 is 1.48 bits per heavy atom. The van der Waals surface area contributed by atoms with E-state index in [0.29, 0.717) is 0 Å². The molecule has 0 aromatic heterocycles. The lowest BCUT2D eigenvalue weighted by Gasteiger charge is -2.38. The Morgan fingerprint density at radius 1 is 0.724 bits per heavy atom. The maximum Gasteiger partial charge on any atom is 0.460 e. The van der Waals surface area contributed by atoms with Gasteiger partial charge in [-0.05, 0) is 38.8 Å². The lowest BCUT2D eigenvalue weighted by Crippen LogP contribution is -2.66. The molecular formula is C14H22F11NOSi2. The van der Waals surface area contributed by atoms with Crippen LogP contribution in [0.25, 0.3) is 0 Å². The van der Waals surface area contributed by atoms with Crippen molar-refractivity contribution in [1.29, 1.82) is 0 Å². The van der Waals surface area contributed by atoms with Gasteiger partial charge in [-0.15, -0.1) is 0 Å². The van der Waals surface area contributed by atoms with Crippen LogP contribution in [-0.4, -0.2) is 52.3 Å². The van der Waals surface area contributed by atoms with Crippen molar-refractivity contribution in [3.8, 4) is 0 Å². The average Bonchev–Trinajstić information content (AvgIpc) is 2.40. The van der Waals surface area contributed by atoms with E-state index in [-0.39, 0.29) is 5.90 Å². The van der Waals surface area contributed by atoms with E-state index >= 15 is 0 Å². The first-order valence-corrected chi connectivity index (χ1v) is 14.7. The van der Waals surface area contributed by atoms with Gasteiger partial charge in [-0.1, -0.05) is 0 Å². The van der Waals surface area contributed by atoms with Gasteiger partial charge in [-0.2, -0.15) is 48.3 Å². The van der Waals surface area contributed by atoms with E-state index in [1.54, 1.807) is 19.6 Å². The van der Waals surface area contributed by atoms with Crippen LogP contribution >= 0.6 is 0 Å². The number of rotatable bonds is 8. The van der Waals surface area contributed by atoms with Crippen LogP contribution in [0.3, 0.4) is 0 Å². The second-order valence-electron chi connectivity index (χ2n) is 8.09. The summed E-state index contributed by atoms with van der Waals surface area (Å²) in [5, 5.41) is 0. The Kier molecular flexibility index (Phi) is 7.76. The summed E-state index contributed by atoms with van der Waals surface area (Å²) in [7, 11) is -5.32. The number of alkyl halides is 11. The van der Waals surface area contributed by atoms with Crippen molar-refractivity contribution in [2.75, 3.05) is 0 Å². The van der Waals surface area contributed by atoms with Gasteiger partial charge in [0.2, 0.25) is 8.32 Å². The smallest absolute Gasteiger partial charge is 0.460 e. The van der Waals surface area contributed by atoms with Crippen molar-refractivity contribution in [1.82, 2.24) is 0 Å². The number of nitrogens with zero attached hydrogens (tertiary/aromatic N) is 1. The molecule has 2 nitrogen and oxygen atoms in total. The minimum atomic E-state index is -7.37. The van der Waals surface area contributed by atoms with Gasteiger partial charge in [-0.25, -0.2) is 0 Å². The molecule has 15 heteroatoms. The fourth-order valence-corrected chi connectivity index (χ4v) is 5.11. The van der Waals surface area contributed by atoms with Gasteiger partial charge < -0.3 is 4.43 Å². The van der Waals surface area contributed by atoms with Gasteiger partial charge in [-0.3, -0.25) is 4.66 Å². The lowest BCUT2D eigenvalue weighted by atomic mass is 9.96. The lowest BCUT2D eigenvalue weighted by molar-refractivity contribution is -0.422. The predicted octanol–water partition coefficient (Wildman–Crippen LogP) is 6.96. The topological polar surface area (TPSA) is 21.6 Å². The van der Waals surface area contributed by atoms with Crippen molar-refractivity contribution in [3.63, 3.8) is 0 Å². The van der Waals surface area contributed by atoms with Gasteiger partial charge in [0.1, 0.15) is 0 Å². The molecule has 0 amide bonds. The van der Waals surface area contributed by atoms with E-state index in [1.807, 2.05) is 0 Å². The van der Waals surface area contributed by atoms with E-state index in [4.69, 9.17) is 4.43 Å². The van der Waals surface area contributed by atoms with Crippen LogP contribution in [0.5, 0.6) is 0 Å². The Balaban J connectivity index is 5.61. The first-order valence-electron chi connectivity index (χ1n) is 8.14. The van der Waals surface area contributed by atoms with Crippen LogP contribution in [0.2, 0.25) is 38.8 Å². The molecule has 0 N–H and O–H groups in total. The summed E-state index contributed by atoms with van der Waals surface area (Å²) in [5.74, 6) is -27.5. The van der Waals surface area contributed by atoms with Crippen molar-refractivity contribution in [3.05, 3.63) is 0 Å². The molecule has 0 bridgehead atoms. The predicted molar refractivity (Wildman–Crippen MR) is 90.3 cm³/mol. The molecule has 0 saturated carbocycles. The largest absolute Gasteiger partial charge is 0.535 e. The van der Waals surface area contributed by atoms with Gasteiger partial charge in [0, 0.05) is 13.3 Å². The highest BCUT2D eigenvalue weighted by Crippen LogP contribution is 2.58. The molecule has 0 aliphatic heterocycles. The van der Waals surface area contributed by atoms with Crippen LogP contribution in [0, 0.1) is 0 Å². The molecule has 0 aliphatic rings. The molecule has 0 saturated heterocycles. The van der Waals surface area contributed by atoms with E-state index in [1.165, 1.54) is 20.0 Å². The Bertz CT molecular complexity index is 610. The fourth-order valence-electron chi connectivity index (χ4n) is 2.17. The quantitative estimate of drug-likeness (QED) is 0.158. The highest BCUT2D eigenvalue weighted by atomic mass is 28.4. The third-order valence-corrected chi connectivity index (χ3v) is 6.85. The molecule has 0 aromatic rings. The summed E-state index contributed by atoms with van der Waals surface area (Å²) in [6.07, 6.45) is -9.24. The first-order chi connectivity index (χ1) is 12.3. The zero-order valence-electron chi connectivity index (χ0n) is 16.4. The SMILES string of the molecule is CC(=N[Si](C)(C)C)O[Si](C)(C)CCC(F)(F)C(F)(F)C(F)(F)C(F)(F)C(F)(F)F. The molecule has 0 heterocycles. The third-order valence-electron chi connectivity index (χ3n) is 3.56. The van der Waals surface area contributed by atoms with E-state index in [2.05, 4.69) is 4.66 Å². The summed E-state index contributed by atoms with van der Waals surface area (Å²) in [6.45, 7) is 9.28. The van der Waals surface area contributed by atoms with E-state index in [9.17, 15) is 48.3 Å². The molecule has 0 spiro atoms. The van der Waals surface area contributed by atoms with Crippen LogP contribution in [0.15, 0.2) is 4.66 Å². The summed E-state index contributed by atoms with van der Waals surface area (Å²) < 4.78 is 153. The summed E-state index contributed by atoms with van der Waals surface area (Å²) in [4.78, 5) is 0. The first kappa shape index (κ1) is 28.1. The Labute approximate surface area is 162 Å². The van der Waals surface area contributed by atoms with Gasteiger partial charge in [0.15, 0.2) is 14.1 Å². The molecule has 0 aromatic carbocycles. The highest BCUT2D eigenvalue weighted by molar-refractivity contribution is 6.76. The monoisotopic (exact) mass is 485 g/mol. The second kappa shape index (κ2) is 8.00. The molecule has 0 radical (unpaired) electrons. The number of halogens is 11. The maximum atomic E-state index is 13.8. The molecule has 0 fully saturated rings. The zero-order chi connectivity index (χ0) is 23.9. The molecule has 0 rings (SSSR count). The van der Waals surface area contributed by atoms with Crippen LogP contribution in [0.1, 0.15) is 13.3 Å². The molecule has 0 aliphatic carbocycles. The molecule has 0 unspecified atom stereocenters. The van der Waals surface area contributed by atoms with Crippen molar-refractivity contribution >= 4 is 22.5 Å². The van der Waals surface area contributed by atoms with E-state index < -0.39 is 58.9 Å². The van der Waals surface area contributed by atoms with Crippen molar-refractivity contribution in [2.45, 2.75) is 82.0 Å². The Hall–Kier alpha value is -0.866. The summed E-state index contributed by atoms with van der Waals surface area (Å²) in [5.41, 5.74) is 0. The maximum absolute atomic E-state index is 13.8. The van der Waals surface area contributed by atoms with Crippen molar-refractivity contribution < 1.29 is 52.7 Å². The molecule has 174 valence electrons. The normalized spacial score (nSPS) is 16.2. The Morgan fingerprint density at radius 2 is 1.14 bits per heavy atom. The molecular weight excluding hydrogens is 463 g/mol. The summed E-state index contributed by atoms with van der Waals surface area (Å²) in [6, 6.07) is -0.929. The fraction of sp³-hybridized carbons (Fsp3) is 0.929. The zero-order valence-corrected chi connectivity index (χ0v) is 18.4. The average molecular weight is 485 g/mol. The van der Waals surface area contributed by atoms with Gasteiger partial charge in [0.25, 0.3) is 0 Å². The third kappa shape index (κ3) is 6.31. The standard InChI is InChI=1S/C14H22F11NOSi2/c1-9(26-28(2,3)4)27-29(5,6)8-7-10(15,16)11(17,18)12(19,20)13(21,22)14(23,24)25/h7-8H2,1-6H3. The van der Waals surface area contributed by atoms with Crippen LogP contribution < -0.4 is 0 Å².